The van der Waals surface area contributed by atoms with Crippen LogP contribution in [0.3, 0.4) is 0 Å². The van der Waals surface area contributed by atoms with E-state index in [2.05, 4.69) is 33.8 Å². The van der Waals surface area contributed by atoms with Crippen LogP contribution in [0.2, 0.25) is 0 Å². The van der Waals surface area contributed by atoms with E-state index >= 15 is 0 Å². The van der Waals surface area contributed by atoms with Crippen LogP contribution in [-0.4, -0.2) is 22.4 Å². The zero-order valence-electron chi connectivity index (χ0n) is 19.5. The van der Waals surface area contributed by atoms with E-state index in [4.69, 9.17) is 0 Å². The van der Waals surface area contributed by atoms with Crippen LogP contribution in [0.15, 0.2) is 11.6 Å². The molecule has 0 aliphatic heterocycles. The second-order valence-corrected chi connectivity index (χ2v) is 12.1. The summed E-state index contributed by atoms with van der Waals surface area (Å²) >= 11 is 0. The van der Waals surface area contributed by atoms with Crippen molar-refractivity contribution in [3.63, 3.8) is 0 Å². The molecular weight excluding hydrogens is 356 g/mol. The van der Waals surface area contributed by atoms with Crippen molar-refractivity contribution in [1.29, 1.82) is 0 Å². The van der Waals surface area contributed by atoms with Gasteiger partial charge in [-0.05, 0) is 105 Å². The van der Waals surface area contributed by atoms with Crippen LogP contribution in [0.1, 0.15) is 105 Å². The van der Waals surface area contributed by atoms with Gasteiger partial charge < -0.3 is 10.2 Å². The van der Waals surface area contributed by atoms with Gasteiger partial charge >= 0.3 is 0 Å². The first-order valence-electron chi connectivity index (χ1n) is 12.8. The van der Waals surface area contributed by atoms with Gasteiger partial charge in [0.2, 0.25) is 0 Å². The van der Waals surface area contributed by atoms with Crippen molar-refractivity contribution in [2.45, 2.75) is 117 Å². The number of aliphatic hydroxyl groups excluding tert-OH is 2. The molecule has 0 aromatic rings. The average Bonchev–Trinajstić information content (AvgIpc) is 2.68. The van der Waals surface area contributed by atoms with E-state index in [-0.39, 0.29) is 12.2 Å². The second-order valence-electron chi connectivity index (χ2n) is 12.1. The minimum Gasteiger partial charge on any atom is -0.393 e. The smallest absolute Gasteiger partial charge is 0.0577 e. The maximum atomic E-state index is 10.2. The molecule has 2 N–H and O–H groups in total. The molecule has 0 aromatic heterocycles. The largest absolute Gasteiger partial charge is 0.393 e. The lowest BCUT2D eigenvalue weighted by atomic mass is 9.43. The van der Waals surface area contributed by atoms with Crippen molar-refractivity contribution >= 4 is 0 Å². The Morgan fingerprint density at radius 3 is 2.62 bits per heavy atom. The Balaban J connectivity index is 1.48. The molecule has 0 bridgehead atoms. The molecule has 0 heterocycles. The van der Waals surface area contributed by atoms with Crippen LogP contribution in [0.4, 0.5) is 0 Å². The zero-order valence-corrected chi connectivity index (χ0v) is 19.5. The van der Waals surface area contributed by atoms with Gasteiger partial charge in [0, 0.05) is 0 Å². The summed E-state index contributed by atoms with van der Waals surface area (Å²) in [6.07, 6.45) is 17.3. The van der Waals surface area contributed by atoms with Crippen LogP contribution in [-0.2, 0) is 0 Å². The minimum atomic E-state index is -0.124. The van der Waals surface area contributed by atoms with Crippen molar-refractivity contribution in [1.82, 2.24) is 0 Å². The van der Waals surface area contributed by atoms with Gasteiger partial charge in [0.25, 0.3) is 0 Å². The molecule has 8 unspecified atom stereocenters. The highest BCUT2D eigenvalue weighted by Crippen LogP contribution is 2.65. The Bertz CT molecular complexity index is 610. The SMILES string of the molecule is CC(C)C(O)CCCC1CCCC2C3CC=C4CC(O)CCC4(C)C3CCC12C. The highest BCUT2D eigenvalue weighted by molar-refractivity contribution is 5.25. The molecule has 0 spiro atoms. The van der Waals surface area contributed by atoms with Gasteiger partial charge in [-0.3, -0.25) is 0 Å². The molecule has 0 aromatic carbocycles. The highest BCUT2D eigenvalue weighted by Gasteiger charge is 2.56. The van der Waals surface area contributed by atoms with E-state index in [1.807, 2.05) is 0 Å². The predicted molar refractivity (Wildman–Crippen MR) is 121 cm³/mol. The molecule has 3 saturated carbocycles. The summed E-state index contributed by atoms with van der Waals surface area (Å²) in [4.78, 5) is 0. The van der Waals surface area contributed by atoms with Gasteiger partial charge in [0.05, 0.1) is 12.2 Å². The molecule has 0 amide bonds. The van der Waals surface area contributed by atoms with Crippen LogP contribution in [0, 0.1) is 40.4 Å². The molecule has 166 valence electrons. The van der Waals surface area contributed by atoms with E-state index in [9.17, 15) is 10.2 Å². The van der Waals surface area contributed by atoms with Gasteiger partial charge in [0.1, 0.15) is 0 Å². The Hall–Kier alpha value is -0.340. The van der Waals surface area contributed by atoms with E-state index in [0.717, 1.165) is 42.9 Å². The molecular formula is C27H46O2. The lowest BCUT2D eigenvalue weighted by Gasteiger charge is -2.62. The Labute approximate surface area is 179 Å². The molecule has 3 fully saturated rings. The predicted octanol–water partition coefficient (Wildman–Crippen LogP) is 6.50. The van der Waals surface area contributed by atoms with Gasteiger partial charge in [-0.2, -0.15) is 0 Å². The molecule has 4 aliphatic carbocycles. The number of hydrogen-bond acceptors (Lipinski definition) is 2. The fraction of sp³-hybridized carbons (Fsp3) is 0.926. The Kier molecular flexibility index (Phi) is 6.26. The lowest BCUT2D eigenvalue weighted by molar-refractivity contribution is -0.0992. The first-order chi connectivity index (χ1) is 13.8. The van der Waals surface area contributed by atoms with Gasteiger partial charge in [-0.15, -0.1) is 0 Å². The van der Waals surface area contributed by atoms with Crippen molar-refractivity contribution < 1.29 is 10.2 Å². The third kappa shape index (κ3) is 3.86. The van der Waals surface area contributed by atoms with Gasteiger partial charge in [0.15, 0.2) is 0 Å². The summed E-state index contributed by atoms with van der Waals surface area (Å²) in [6, 6.07) is 0. The molecule has 4 aliphatic rings. The first-order valence-corrected chi connectivity index (χ1v) is 12.8. The summed E-state index contributed by atoms with van der Waals surface area (Å²) in [6.45, 7) is 9.46. The molecule has 8 atom stereocenters. The van der Waals surface area contributed by atoms with E-state index < -0.39 is 0 Å². The number of rotatable bonds is 5. The van der Waals surface area contributed by atoms with E-state index in [1.54, 1.807) is 5.57 Å². The van der Waals surface area contributed by atoms with Crippen molar-refractivity contribution in [2.24, 2.45) is 40.4 Å². The standard InChI is InChI=1S/C27H46O2/c1-18(2)25(29)10-6-8-19-7-5-9-23-22-12-11-20-17-21(28)13-15-27(20,4)24(22)14-16-26(19,23)3/h11,18-19,21-25,28-29H,5-10,12-17H2,1-4H3. The normalized spacial score (nSPS) is 45.8. The molecule has 0 radical (unpaired) electrons. The van der Waals surface area contributed by atoms with Crippen LogP contribution in [0.25, 0.3) is 0 Å². The summed E-state index contributed by atoms with van der Waals surface area (Å²) in [7, 11) is 0. The summed E-state index contributed by atoms with van der Waals surface area (Å²) < 4.78 is 0. The topological polar surface area (TPSA) is 40.5 Å². The van der Waals surface area contributed by atoms with E-state index in [1.165, 1.54) is 57.8 Å². The average molecular weight is 403 g/mol. The third-order valence-electron chi connectivity index (χ3n) is 10.3. The molecule has 2 heteroatoms. The first kappa shape index (κ1) is 21.9. The van der Waals surface area contributed by atoms with Crippen LogP contribution < -0.4 is 0 Å². The van der Waals surface area contributed by atoms with Gasteiger partial charge in [-0.25, -0.2) is 0 Å². The third-order valence-corrected chi connectivity index (χ3v) is 10.3. The fourth-order valence-corrected chi connectivity index (χ4v) is 8.33. The van der Waals surface area contributed by atoms with Crippen LogP contribution >= 0.6 is 0 Å². The molecule has 29 heavy (non-hydrogen) atoms. The monoisotopic (exact) mass is 402 g/mol. The van der Waals surface area contributed by atoms with E-state index in [0.29, 0.717) is 16.7 Å². The Morgan fingerprint density at radius 1 is 1.07 bits per heavy atom. The van der Waals surface area contributed by atoms with Crippen molar-refractivity contribution in [3.8, 4) is 0 Å². The summed E-state index contributed by atoms with van der Waals surface area (Å²) in [5.74, 6) is 3.83. The maximum absolute atomic E-state index is 10.2. The minimum absolute atomic E-state index is 0.0972. The highest BCUT2D eigenvalue weighted by atomic mass is 16.3. The maximum Gasteiger partial charge on any atom is 0.0577 e. The second kappa shape index (κ2) is 8.30. The number of allylic oxidation sites excluding steroid dienone is 1. The molecule has 2 nitrogen and oxygen atoms in total. The van der Waals surface area contributed by atoms with Crippen LogP contribution in [0.5, 0.6) is 0 Å². The molecule has 0 saturated heterocycles. The van der Waals surface area contributed by atoms with Gasteiger partial charge in [-0.1, -0.05) is 52.2 Å². The fourth-order valence-electron chi connectivity index (χ4n) is 8.33. The van der Waals surface area contributed by atoms with Crippen molar-refractivity contribution in [2.75, 3.05) is 0 Å². The number of aliphatic hydroxyl groups is 2. The quantitative estimate of drug-likeness (QED) is 0.515. The number of fused-ring (bicyclic) bond motifs is 5. The lowest BCUT2D eigenvalue weighted by Crippen LogP contribution is -2.53. The summed E-state index contributed by atoms with van der Waals surface area (Å²) in [5.41, 5.74) is 2.46. The van der Waals surface area contributed by atoms with Crippen molar-refractivity contribution in [3.05, 3.63) is 11.6 Å². The number of hydrogen-bond donors (Lipinski definition) is 2. The summed E-state index contributed by atoms with van der Waals surface area (Å²) in [5, 5.41) is 20.5. The molecule has 4 rings (SSSR count). The Morgan fingerprint density at radius 2 is 1.86 bits per heavy atom. The zero-order chi connectivity index (χ0) is 20.8.